The molecule has 8 heteroatoms. The fraction of sp³-hybridized carbons (Fsp3) is 0.318. The van der Waals surface area contributed by atoms with Gasteiger partial charge in [-0.2, -0.15) is 5.26 Å². The first-order valence-electron chi connectivity index (χ1n) is 9.37. The van der Waals surface area contributed by atoms with Crippen molar-refractivity contribution < 1.29 is 23.8 Å². The summed E-state index contributed by atoms with van der Waals surface area (Å²) in [5.74, 6) is -0.0494. The van der Waals surface area contributed by atoms with Crippen molar-refractivity contribution in [2.24, 2.45) is 0 Å². The lowest BCUT2D eigenvalue weighted by Gasteiger charge is -2.10. The summed E-state index contributed by atoms with van der Waals surface area (Å²) in [6, 6.07) is 7.03. The zero-order valence-corrected chi connectivity index (χ0v) is 18.4. The molecule has 1 heterocycles. The molecular weight excluding hydrogens is 404 g/mol. The number of benzene rings is 1. The Morgan fingerprint density at radius 1 is 1.20 bits per heavy atom. The zero-order chi connectivity index (χ0) is 22.3. The molecule has 30 heavy (non-hydrogen) atoms. The van der Waals surface area contributed by atoms with Gasteiger partial charge in [0.15, 0.2) is 11.5 Å². The molecule has 0 fully saturated rings. The molecule has 1 aromatic carbocycles. The van der Waals surface area contributed by atoms with E-state index in [1.165, 1.54) is 24.5 Å². The molecule has 158 valence electrons. The third-order valence-corrected chi connectivity index (χ3v) is 5.38. The average Bonchev–Trinajstić information content (AvgIpc) is 3.00. The summed E-state index contributed by atoms with van der Waals surface area (Å²) in [7, 11) is 1.52. The highest BCUT2D eigenvalue weighted by atomic mass is 32.1. The Kier molecular flexibility index (Phi) is 8.01. The number of methoxy groups -OCH3 is 1. The van der Waals surface area contributed by atoms with Crippen molar-refractivity contribution >= 4 is 34.3 Å². The van der Waals surface area contributed by atoms with Gasteiger partial charge in [0, 0.05) is 4.88 Å². The molecule has 1 amide bonds. The summed E-state index contributed by atoms with van der Waals surface area (Å²) >= 11 is 1.27. The van der Waals surface area contributed by atoms with E-state index in [0.717, 1.165) is 10.4 Å². The number of hydrogen-bond donors (Lipinski definition) is 1. The molecule has 0 aliphatic heterocycles. The average molecular weight is 429 g/mol. The highest BCUT2D eigenvalue weighted by Gasteiger charge is 2.23. The standard InChI is InChI=1S/C22H24N2O5S/c1-6-28-17-9-8-15(11-18(17)27-5)10-16(12-23)20(25)24-21-19(22(26)29-7-2)13(3)14(4)30-21/h8-11H,6-7H2,1-5H3,(H,24,25)/b16-10+. The second-order valence-corrected chi connectivity index (χ2v) is 7.40. The molecule has 0 radical (unpaired) electrons. The lowest BCUT2D eigenvalue weighted by molar-refractivity contribution is -0.112. The first kappa shape index (κ1) is 23.0. The lowest BCUT2D eigenvalue weighted by atomic mass is 10.1. The highest BCUT2D eigenvalue weighted by Crippen LogP contribution is 2.33. The van der Waals surface area contributed by atoms with Gasteiger partial charge < -0.3 is 19.5 Å². The predicted molar refractivity (Wildman–Crippen MR) is 116 cm³/mol. The van der Waals surface area contributed by atoms with Crippen LogP contribution in [0.2, 0.25) is 0 Å². The molecule has 1 aromatic heterocycles. The van der Waals surface area contributed by atoms with Crippen LogP contribution in [0.15, 0.2) is 23.8 Å². The van der Waals surface area contributed by atoms with E-state index in [0.29, 0.717) is 34.2 Å². The number of ether oxygens (including phenoxy) is 3. The number of rotatable bonds is 8. The summed E-state index contributed by atoms with van der Waals surface area (Å²) in [5, 5.41) is 12.5. The monoisotopic (exact) mass is 428 g/mol. The molecule has 0 spiro atoms. The van der Waals surface area contributed by atoms with Crippen LogP contribution in [0, 0.1) is 25.2 Å². The second-order valence-electron chi connectivity index (χ2n) is 6.18. The van der Waals surface area contributed by atoms with E-state index >= 15 is 0 Å². The SMILES string of the molecule is CCOC(=O)c1c(NC(=O)/C(C#N)=C/c2ccc(OCC)c(OC)c2)sc(C)c1C. The minimum atomic E-state index is -0.614. The van der Waals surface area contributed by atoms with Crippen molar-refractivity contribution in [2.75, 3.05) is 25.6 Å². The molecular formula is C22H24N2O5S. The molecule has 0 saturated heterocycles. The molecule has 0 atom stereocenters. The van der Waals surface area contributed by atoms with Gasteiger partial charge in [-0.05, 0) is 57.0 Å². The Balaban J connectivity index is 2.33. The number of thiophene rings is 1. The summed E-state index contributed by atoms with van der Waals surface area (Å²) < 4.78 is 15.9. The summed E-state index contributed by atoms with van der Waals surface area (Å²) in [6.45, 7) is 7.94. The third-order valence-electron chi connectivity index (χ3n) is 4.26. The minimum absolute atomic E-state index is 0.111. The van der Waals surface area contributed by atoms with E-state index in [9.17, 15) is 14.9 Å². The number of nitrogens with one attached hydrogen (secondary N) is 1. The molecule has 2 rings (SSSR count). The van der Waals surface area contributed by atoms with Crippen molar-refractivity contribution in [3.05, 3.63) is 45.3 Å². The van der Waals surface area contributed by atoms with Gasteiger partial charge in [-0.25, -0.2) is 4.79 Å². The normalized spacial score (nSPS) is 10.9. The Bertz CT molecular complexity index is 1020. The largest absolute Gasteiger partial charge is 0.493 e. The number of esters is 1. The Labute approximate surface area is 179 Å². The van der Waals surface area contributed by atoms with Gasteiger partial charge >= 0.3 is 5.97 Å². The van der Waals surface area contributed by atoms with E-state index in [1.807, 2.05) is 19.9 Å². The van der Waals surface area contributed by atoms with Crippen LogP contribution in [-0.2, 0) is 9.53 Å². The number of amides is 1. The number of carbonyl (C=O) groups is 2. The number of nitriles is 1. The fourth-order valence-corrected chi connectivity index (χ4v) is 3.74. The van der Waals surface area contributed by atoms with Gasteiger partial charge in [0.2, 0.25) is 0 Å². The summed E-state index contributed by atoms with van der Waals surface area (Å²) in [4.78, 5) is 25.9. The number of hydrogen-bond acceptors (Lipinski definition) is 7. The van der Waals surface area contributed by atoms with Gasteiger partial charge in [0.25, 0.3) is 5.91 Å². The van der Waals surface area contributed by atoms with Gasteiger partial charge in [0.05, 0.1) is 25.9 Å². The lowest BCUT2D eigenvalue weighted by Crippen LogP contribution is -2.16. The van der Waals surface area contributed by atoms with Crippen LogP contribution in [-0.4, -0.2) is 32.2 Å². The van der Waals surface area contributed by atoms with E-state index in [1.54, 1.807) is 32.0 Å². The van der Waals surface area contributed by atoms with Crippen molar-refractivity contribution in [1.29, 1.82) is 5.26 Å². The maximum absolute atomic E-state index is 12.7. The topological polar surface area (TPSA) is 97.7 Å². The molecule has 1 N–H and O–H groups in total. The zero-order valence-electron chi connectivity index (χ0n) is 17.6. The van der Waals surface area contributed by atoms with Crippen LogP contribution in [0.4, 0.5) is 5.00 Å². The maximum Gasteiger partial charge on any atom is 0.341 e. The number of carbonyl (C=O) groups excluding carboxylic acids is 2. The molecule has 0 unspecified atom stereocenters. The van der Waals surface area contributed by atoms with Crippen LogP contribution in [0.1, 0.15) is 40.2 Å². The predicted octanol–water partition coefficient (Wildman–Crippen LogP) is 4.49. The van der Waals surface area contributed by atoms with Crippen LogP contribution in [0.25, 0.3) is 6.08 Å². The van der Waals surface area contributed by atoms with E-state index in [4.69, 9.17) is 14.2 Å². The molecule has 0 bridgehead atoms. The smallest absolute Gasteiger partial charge is 0.341 e. The van der Waals surface area contributed by atoms with Crippen LogP contribution in [0.3, 0.4) is 0 Å². The molecule has 0 aliphatic rings. The minimum Gasteiger partial charge on any atom is -0.493 e. The third kappa shape index (κ3) is 5.19. The van der Waals surface area contributed by atoms with Crippen molar-refractivity contribution in [3.8, 4) is 17.6 Å². The summed E-state index contributed by atoms with van der Waals surface area (Å²) in [5.41, 5.74) is 1.55. The maximum atomic E-state index is 12.7. The quantitative estimate of drug-likeness (QED) is 0.378. The molecule has 7 nitrogen and oxygen atoms in total. The van der Waals surface area contributed by atoms with Crippen LogP contribution < -0.4 is 14.8 Å². The van der Waals surface area contributed by atoms with Gasteiger partial charge in [-0.15, -0.1) is 11.3 Å². The number of nitrogens with zero attached hydrogens (tertiary/aromatic N) is 1. The van der Waals surface area contributed by atoms with Gasteiger partial charge in [0.1, 0.15) is 16.6 Å². The Hall–Kier alpha value is -3.31. The van der Waals surface area contributed by atoms with Crippen molar-refractivity contribution in [2.45, 2.75) is 27.7 Å². The van der Waals surface area contributed by atoms with E-state index in [2.05, 4.69) is 5.32 Å². The highest BCUT2D eigenvalue weighted by molar-refractivity contribution is 7.16. The first-order chi connectivity index (χ1) is 14.4. The van der Waals surface area contributed by atoms with Crippen molar-refractivity contribution in [3.63, 3.8) is 0 Å². The van der Waals surface area contributed by atoms with Crippen LogP contribution in [0.5, 0.6) is 11.5 Å². The van der Waals surface area contributed by atoms with Gasteiger partial charge in [-0.3, -0.25) is 4.79 Å². The fourth-order valence-electron chi connectivity index (χ4n) is 2.70. The molecule has 0 aliphatic carbocycles. The number of aryl methyl sites for hydroxylation is 1. The van der Waals surface area contributed by atoms with E-state index in [-0.39, 0.29) is 12.2 Å². The Morgan fingerprint density at radius 3 is 2.53 bits per heavy atom. The van der Waals surface area contributed by atoms with Crippen molar-refractivity contribution in [1.82, 2.24) is 0 Å². The van der Waals surface area contributed by atoms with Crippen LogP contribution >= 0.6 is 11.3 Å². The van der Waals surface area contributed by atoms with Gasteiger partial charge in [-0.1, -0.05) is 6.07 Å². The first-order valence-corrected chi connectivity index (χ1v) is 10.2. The molecule has 2 aromatic rings. The number of anilines is 1. The molecule has 0 saturated carbocycles. The summed E-state index contributed by atoms with van der Waals surface area (Å²) in [6.07, 6.45) is 1.45. The Morgan fingerprint density at radius 2 is 1.93 bits per heavy atom. The van der Waals surface area contributed by atoms with E-state index < -0.39 is 11.9 Å². The second kappa shape index (κ2) is 10.5.